The van der Waals surface area contributed by atoms with E-state index in [2.05, 4.69) is 14.5 Å². The monoisotopic (exact) mass is 410 g/mol. The van der Waals surface area contributed by atoms with Gasteiger partial charge in [-0.15, -0.1) is 0 Å². The number of rotatable bonds is 4. The Balaban J connectivity index is 1.79. The Labute approximate surface area is 167 Å². The maximum atomic E-state index is 12.4. The Morgan fingerprint density at radius 1 is 0.893 bits per heavy atom. The van der Waals surface area contributed by atoms with Gasteiger partial charge in [0.2, 0.25) is 11.0 Å². The molecule has 0 radical (unpaired) electrons. The zero-order valence-electron chi connectivity index (χ0n) is 15.0. The number of para-hydroxylation sites is 2. The van der Waals surface area contributed by atoms with E-state index in [0.717, 1.165) is 27.4 Å². The van der Waals surface area contributed by atoms with Gasteiger partial charge in [-0.1, -0.05) is 35.9 Å². The molecule has 0 unspecified atom stereocenters. The number of aryl methyl sites for hydroxylation is 1. The quantitative estimate of drug-likeness (QED) is 0.241. The summed E-state index contributed by atoms with van der Waals surface area (Å²) in [7, 11) is -1.76. The van der Waals surface area contributed by atoms with Crippen LogP contribution in [0.25, 0.3) is 21.8 Å². The number of hydrazone groups is 1. The van der Waals surface area contributed by atoms with Crippen molar-refractivity contribution in [2.45, 2.75) is 4.90 Å². The molecule has 0 bridgehead atoms. The number of halogens is 1. The minimum atomic E-state index is -3.77. The summed E-state index contributed by atoms with van der Waals surface area (Å²) in [5.41, 5.74) is 2.91. The molecule has 3 aromatic carbocycles. The van der Waals surface area contributed by atoms with Crippen LogP contribution >= 0.6 is 11.6 Å². The van der Waals surface area contributed by atoms with E-state index >= 15 is 0 Å². The predicted octanol–water partition coefficient (Wildman–Crippen LogP) is 3.78. The first kappa shape index (κ1) is 18.4. The van der Waals surface area contributed by atoms with Crippen molar-refractivity contribution in [2.75, 3.05) is 0 Å². The van der Waals surface area contributed by atoms with E-state index in [-0.39, 0.29) is 4.90 Å². The van der Waals surface area contributed by atoms with Crippen LogP contribution in [-0.2, 0) is 17.1 Å². The van der Waals surface area contributed by atoms with Crippen LogP contribution in [0.3, 0.4) is 0 Å². The molecule has 0 fully saturated rings. The number of nitrogens with one attached hydrogen (secondary N) is 1. The van der Waals surface area contributed by atoms with Crippen LogP contribution in [0.2, 0.25) is 5.02 Å². The van der Waals surface area contributed by atoms with Gasteiger partial charge in [0, 0.05) is 22.7 Å². The lowest BCUT2D eigenvalue weighted by molar-refractivity contribution is -0.617. The largest absolute Gasteiger partial charge is 0.276 e. The third-order valence-corrected chi connectivity index (χ3v) is 6.09. The van der Waals surface area contributed by atoms with Gasteiger partial charge in [0.15, 0.2) is 0 Å². The molecular formula is C21H17ClN3O2S+. The van der Waals surface area contributed by atoms with Gasteiger partial charge in [-0.3, -0.25) is 0 Å². The van der Waals surface area contributed by atoms with Gasteiger partial charge in [-0.2, -0.15) is 18.1 Å². The van der Waals surface area contributed by atoms with E-state index in [9.17, 15) is 8.42 Å². The van der Waals surface area contributed by atoms with Crippen molar-refractivity contribution >= 4 is 49.6 Å². The van der Waals surface area contributed by atoms with E-state index in [1.165, 1.54) is 24.3 Å². The summed E-state index contributed by atoms with van der Waals surface area (Å²) >= 11 is 5.82. The number of aromatic nitrogens is 1. The van der Waals surface area contributed by atoms with Gasteiger partial charge in [-0.25, -0.2) is 4.83 Å². The second-order valence-corrected chi connectivity index (χ2v) is 8.41. The van der Waals surface area contributed by atoms with Gasteiger partial charge < -0.3 is 0 Å². The summed E-state index contributed by atoms with van der Waals surface area (Å²) in [6.45, 7) is 0. The molecule has 1 aromatic heterocycles. The molecule has 28 heavy (non-hydrogen) atoms. The Bertz CT molecular complexity index is 1260. The summed E-state index contributed by atoms with van der Waals surface area (Å²) in [6, 6.07) is 21.8. The highest BCUT2D eigenvalue weighted by molar-refractivity contribution is 7.89. The van der Waals surface area contributed by atoms with Crippen LogP contribution < -0.4 is 9.40 Å². The average molecular weight is 411 g/mol. The van der Waals surface area contributed by atoms with Crippen molar-refractivity contribution in [1.29, 1.82) is 0 Å². The number of hydrogen-bond donors (Lipinski definition) is 1. The van der Waals surface area contributed by atoms with Crippen LogP contribution in [0.5, 0.6) is 0 Å². The molecule has 5 nitrogen and oxygen atoms in total. The molecule has 7 heteroatoms. The first-order valence-electron chi connectivity index (χ1n) is 8.57. The number of sulfonamides is 1. The summed E-state index contributed by atoms with van der Waals surface area (Å²) < 4.78 is 27.0. The van der Waals surface area contributed by atoms with Crippen LogP contribution in [0.4, 0.5) is 0 Å². The van der Waals surface area contributed by atoms with Gasteiger partial charge in [0.1, 0.15) is 7.05 Å². The molecule has 0 aliphatic carbocycles. The van der Waals surface area contributed by atoms with Gasteiger partial charge in [0.05, 0.1) is 21.9 Å². The molecule has 0 aliphatic heterocycles. The molecule has 4 aromatic rings. The first-order valence-corrected chi connectivity index (χ1v) is 10.4. The minimum absolute atomic E-state index is 0.100. The van der Waals surface area contributed by atoms with Crippen molar-refractivity contribution in [3.8, 4) is 0 Å². The second-order valence-electron chi connectivity index (χ2n) is 6.31. The molecule has 4 rings (SSSR count). The van der Waals surface area contributed by atoms with Crippen molar-refractivity contribution in [2.24, 2.45) is 12.1 Å². The lowest BCUT2D eigenvalue weighted by atomic mass is 10.0. The Morgan fingerprint density at radius 3 is 2.00 bits per heavy atom. The van der Waals surface area contributed by atoms with Crippen LogP contribution in [-0.4, -0.2) is 14.6 Å². The Hall–Kier alpha value is -2.96. The van der Waals surface area contributed by atoms with E-state index in [4.69, 9.17) is 11.6 Å². The number of benzene rings is 3. The topological polar surface area (TPSA) is 62.4 Å². The molecular weight excluding hydrogens is 394 g/mol. The highest BCUT2D eigenvalue weighted by Gasteiger charge is 2.16. The highest BCUT2D eigenvalue weighted by Crippen LogP contribution is 2.23. The zero-order chi connectivity index (χ0) is 19.7. The van der Waals surface area contributed by atoms with Crippen molar-refractivity contribution < 1.29 is 13.0 Å². The van der Waals surface area contributed by atoms with E-state index < -0.39 is 10.0 Å². The summed E-state index contributed by atoms with van der Waals surface area (Å²) in [6.07, 6.45) is 1.55. The Morgan fingerprint density at radius 2 is 1.43 bits per heavy atom. The number of nitrogens with zero attached hydrogens (tertiary/aromatic N) is 2. The fourth-order valence-electron chi connectivity index (χ4n) is 3.23. The van der Waals surface area contributed by atoms with E-state index in [1.54, 1.807) is 6.21 Å². The maximum absolute atomic E-state index is 12.4. The molecule has 0 atom stereocenters. The van der Waals surface area contributed by atoms with Gasteiger partial charge in [-0.05, 0) is 36.4 Å². The average Bonchev–Trinajstić information content (AvgIpc) is 2.71. The van der Waals surface area contributed by atoms with E-state index in [1.807, 2.05) is 55.6 Å². The SMILES string of the molecule is C[n+]1c2ccccc2c(/C=N/NS(=O)(=O)c2ccc(Cl)cc2)c2ccccc21. The molecule has 0 aliphatic rings. The van der Waals surface area contributed by atoms with Gasteiger partial charge in [0.25, 0.3) is 10.0 Å². The molecule has 1 N–H and O–H groups in total. The zero-order valence-corrected chi connectivity index (χ0v) is 16.6. The van der Waals surface area contributed by atoms with Crippen molar-refractivity contribution in [3.05, 3.63) is 83.4 Å². The maximum Gasteiger partial charge on any atom is 0.276 e. The highest BCUT2D eigenvalue weighted by atomic mass is 35.5. The fourth-order valence-corrected chi connectivity index (χ4v) is 4.15. The number of pyridine rings is 1. The molecule has 0 saturated carbocycles. The van der Waals surface area contributed by atoms with E-state index in [0.29, 0.717) is 5.02 Å². The third-order valence-electron chi connectivity index (χ3n) is 4.60. The van der Waals surface area contributed by atoms with Crippen molar-refractivity contribution in [3.63, 3.8) is 0 Å². The minimum Gasteiger partial charge on any atom is -0.200 e. The molecule has 0 spiro atoms. The standard InChI is InChI=1S/C21H16ClN3O2S/c1-25-20-8-4-2-6-17(20)19(18-7-3-5-9-21(18)25)14-23-24-28(26,27)16-12-10-15(22)11-13-16/h2-14H,1H3/p+1. The predicted molar refractivity (Wildman–Crippen MR) is 112 cm³/mol. The lowest BCUT2D eigenvalue weighted by Crippen LogP contribution is -2.30. The molecule has 1 heterocycles. The molecule has 140 valence electrons. The van der Waals surface area contributed by atoms with Crippen molar-refractivity contribution in [1.82, 2.24) is 4.83 Å². The van der Waals surface area contributed by atoms with Crippen LogP contribution in [0.15, 0.2) is 82.8 Å². The third kappa shape index (κ3) is 3.32. The van der Waals surface area contributed by atoms with Crippen LogP contribution in [0, 0.1) is 0 Å². The second kappa shape index (κ2) is 7.22. The van der Waals surface area contributed by atoms with Crippen LogP contribution in [0.1, 0.15) is 5.56 Å². The smallest absolute Gasteiger partial charge is 0.200 e. The lowest BCUT2D eigenvalue weighted by Gasteiger charge is -2.07. The summed E-state index contributed by atoms with van der Waals surface area (Å²) in [5.74, 6) is 0. The summed E-state index contributed by atoms with van der Waals surface area (Å²) in [5, 5.41) is 6.48. The molecule has 0 amide bonds. The molecule has 0 saturated heterocycles. The fraction of sp³-hybridized carbons (Fsp3) is 0.0476. The number of hydrogen-bond acceptors (Lipinski definition) is 3. The van der Waals surface area contributed by atoms with Gasteiger partial charge >= 0.3 is 0 Å². The number of fused-ring (bicyclic) bond motifs is 2. The Kier molecular flexibility index (Phi) is 4.75. The summed E-state index contributed by atoms with van der Waals surface area (Å²) in [4.78, 5) is 2.38. The normalized spacial score (nSPS) is 12.1. The first-order chi connectivity index (χ1) is 13.5.